The molecular weight excluding hydrogens is 390 g/mol. The lowest BCUT2D eigenvalue weighted by molar-refractivity contribution is -0.415. The predicted molar refractivity (Wildman–Crippen MR) is 110 cm³/mol. The number of aromatic amines is 1. The number of carbonyl (C=O) groups excluding carboxylic acids is 1. The highest BCUT2D eigenvalue weighted by molar-refractivity contribution is 7.99. The molecule has 2 aliphatic heterocycles. The third kappa shape index (κ3) is 5.41. The fourth-order valence-electron chi connectivity index (χ4n) is 3.68. The zero-order valence-electron chi connectivity index (χ0n) is 17.5. The van der Waals surface area contributed by atoms with E-state index in [0.717, 1.165) is 40.8 Å². The molecule has 1 aromatic heterocycles. The van der Waals surface area contributed by atoms with Crippen molar-refractivity contribution in [2.45, 2.75) is 57.3 Å². The van der Waals surface area contributed by atoms with Crippen LogP contribution >= 0.6 is 11.8 Å². The summed E-state index contributed by atoms with van der Waals surface area (Å²) in [6.07, 6.45) is 1.80. The number of fused-ring (bicyclic) bond motifs is 1. The number of carbonyl (C=O) groups is 1. The number of aromatic nitrogens is 1. The van der Waals surface area contributed by atoms with Crippen LogP contribution in [0.2, 0.25) is 0 Å². The minimum absolute atomic E-state index is 0.170. The highest BCUT2D eigenvalue weighted by atomic mass is 32.2. The summed E-state index contributed by atoms with van der Waals surface area (Å²) in [6.45, 7) is 9.84. The number of pyridine rings is 1. The Morgan fingerprint density at radius 3 is 2.79 bits per heavy atom. The highest BCUT2D eigenvalue weighted by Crippen LogP contribution is 2.36. The van der Waals surface area contributed by atoms with Gasteiger partial charge in [0.2, 0.25) is 0 Å². The molecule has 3 rings (SSSR count). The Labute approximate surface area is 176 Å². The lowest BCUT2D eigenvalue weighted by Gasteiger charge is -2.34. The van der Waals surface area contributed by atoms with Gasteiger partial charge in [-0.25, -0.2) is 4.98 Å². The molecule has 1 N–H and O–H groups in total. The molecule has 0 aromatic carbocycles. The number of hydrogen-bond donors (Lipinski definition) is 0. The summed E-state index contributed by atoms with van der Waals surface area (Å²) >= 11 is 1.60. The number of rotatable bonds is 7. The third-order valence-corrected chi connectivity index (χ3v) is 6.22. The van der Waals surface area contributed by atoms with Gasteiger partial charge in [0.1, 0.15) is 24.7 Å². The molecule has 3 heterocycles. The van der Waals surface area contributed by atoms with E-state index in [0.29, 0.717) is 51.3 Å². The van der Waals surface area contributed by atoms with Crippen molar-refractivity contribution in [3.63, 3.8) is 0 Å². The van der Waals surface area contributed by atoms with Gasteiger partial charge in [-0.1, -0.05) is 11.8 Å². The van der Waals surface area contributed by atoms with E-state index in [-0.39, 0.29) is 11.6 Å². The Kier molecular flexibility index (Phi) is 7.38. The first-order valence-electron chi connectivity index (χ1n) is 10.2. The molecule has 0 atom stereocenters. The number of H-pyrrole nitrogens is 1. The molecule has 29 heavy (non-hydrogen) atoms. The van der Waals surface area contributed by atoms with Crippen molar-refractivity contribution in [1.29, 1.82) is 5.26 Å². The van der Waals surface area contributed by atoms with Gasteiger partial charge in [0, 0.05) is 18.6 Å². The average Bonchev–Trinajstić information content (AvgIpc) is 2.70. The lowest BCUT2D eigenvalue weighted by atomic mass is 9.89. The molecule has 8 heteroatoms. The van der Waals surface area contributed by atoms with Gasteiger partial charge >= 0.3 is 5.97 Å². The summed E-state index contributed by atoms with van der Waals surface area (Å²) in [5.74, 6) is 1.60. The van der Waals surface area contributed by atoms with Crippen LogP contribution in [0.5, 0.6) is 0 Å². The highest BCUT2D eigenvalue weighted by Gasteiger charge is 2.36. The molecule has 0 spiro atoms. The number of nitrogens with one attached hydrogen (secondary N) is 1. The Morgan fingerprint density at radius 2 is 2.10 bits per heavy atom. The SMILES string of the molecule is CCOC(=O)CCCSc1[nH+]c(N2CCOCC2)c2c(c1C#N)CC(C)(C)OC2. The van der Waals surface area contributed by atoms with Crippen LogP contribution in [0.25, 0.3) is 0 Å². The molecule has 1 aromatic rings. The Bertz CT molecular complexity index is 785. The zero-order chi connectivity index (χ0) is 20.9. The summed E-state index contributed by atoms with van der Waals surface area (Å²) < 4.78 is 16.6. The van der Waals surface area contributed by atoms with Crippen molar-refractivity contribution >= 4 is 23.5 Å². The molecule has 7 nitrogen and oxygen atoms in total. The largest absolute Gasteiger partial charge is 0.466 e. The van der Waals surface area contributed by atoms with Crippen LogP contribution in [0.4, 0.5) is 5.82 Å². The van der Waals surface area contributed by atoms with E-state index in [4.69, 9.17) is 14.2 Å². The van der Waals surface area contributed by atoms with Crippen LogP contribution in [0.1, 0.15) is 50.3 Å². The number of ether oxygens (including phenoxy) is 3. The van der Waals surface area contributed by atoms with E-state index in [9.17, 15) is 10.1 Å². The maximum atomic E-state index is 11.6. The van der Waals surface area contributed by atoms with E-state index in [1.54, 1.807) is 11.8 Å². The molecule has 1 saturated heterocycles. The van der Waals surface area contributed by atoms with Crippen LogP contribution in [0.15, 0.2) is 5.03 Å². The molecule has 0 unspecified atom stereocenters. The number of hydrogen-bond acceptors (Lipinski definition) is 7. The minimum atomic E-state index is -0.298. The summed E-state index contributed by atoms with van der Waals surface area (Å²) in [5.41, 5.74) is 2.57. The van der Waals surface area contributed by atoms with Gasteiger partial charge in [-0.05, 0) is 32.8 Å². The number of anilines is 1. The van der Waals surface area contributed by atoms with Crippen LogP contribution in [-0.4, -0.2) is 50.2 Å². The zero-order valence-corrected chi connectivity index (χ0v) is 18.3. The van der Waals surface area contributed by atoms with E-state index >= 15 is 0 Å². The van der Waals surface area contributed by atoms with Crippen molar-refractivity contribution in [1.82, 2.24) is 0 Å². The fraction of sp³-hybridized carbons (Fsp3) is 0.667. The van der Waals surface area contributed by atoms with Gasteiger partial charge in [0.15, 0.2) is 5.03 Å². The second-order valence-corrected chi connectivity index (χ2v) is 8.93. The average molecular weight is 421 g/mol. The number of thioether (sulfide) groups is 1. The van der Waals surface area contributed by atoms with E-state index in [1.165, 1.54) is 0 Å². The quantitative estimate of drug-likeness (QED) is 0.380. The summed E-state index contributed by atoms with van der Waals surface area (Å²) in [4.78, 5) is 17.4. The Balaban J connectivity index is 1.86. The maximum Gasteiger partial charge on any atom is 0.305 e. The molecule has 0 saturated carbocycles. The van der Waals surface area contributed by atoms with E-state index in [2.05, 4.69) is 29.8 Å². The second-order valence-electron chi connectivity index (χ2n) is 7.83. The first-order valence-corrected chi connectivity index (χ1v) is 11.2. The summed E-state index contributed by atoms with van der Waals surface area (Å²) in [6, 6.07) is 2.42. The molecule has 1 fully saturated rings. The number of esters is 1. The van der Waals surface area contributed by atoms with Gasteiger partial charge in [-0.2, -0.15) is 5.26 Å². The van der Waals surface area contributed by atoms with Crippen molar-refractivity contribution in [3.8, 4) is 6.07 Å². The van der Waals surface area contributed by atoms with Gasteiger partial charge in [0.25, 0.3) is 5.82 Å². The first-order chi connectivity index (χ1) is 13.9. The predicted octanol–water partition coefficient (Wildman–Crippen LogP) is 2.50. The molecule has 2 aliphatic rings. The number of morpholine rings is 1. The molecule has 158 valence electrons. The van der Waals surface area contributed by atoms with Gasteiger partial charge in [-0.15, -0.1) is 0 Å². The second kappa shape index (κ2) is 9.79. The minimum Gasteiger partial charge on any atom is -0.466 e. The van der Waals surface area contributed by atoms with Crippen LogP contribution in [0, 0.1) is 11.3 Å². The molecule has 0 aliphatic carbocycles. The molecular formula is C21H30N3O4S+. The molecule has 0 amide bonds. The topological polar surface area (TPSA) is 85.9 Å². The summed E-state index contributed by atoms with van der Waals surface area (Å²) in [7, 11) is 0. The third-order valence-electron chi connectivity index (χ3n) is 5.14. The Hall–Kier alpha value is -1.82. The monoisotopic (exact) mass is 420 g/mol. The van der Waals surface area contributed by atoms with Crippen LogP contribution < -0.4 is 9.88 Å². The maximum absolute atomic E-state index is 11.6. The molecule has 0 bridgehead atoms. The standard InChI is InChI=1S/C21H29N3O4S/c1-4-27-18(25)6-5-11-29-20-16(13-22)15-12-21(2,3)28-14-17(15)19(23-20)24-7-9-26-10-8-24/h4-12,14H2,1-3H3/p+1. The Morgan fingerprint density at radius 1 is 1.34 bits per heavy atom. The smallest absolute Gasteiger partial charge is 0.305 e. The van der Waals surface area contributed by atoms with Crippen LogP contribution in [0.3, 0.4) is 0 Å². The van der Waals surface area contributed by atoms with Gasteiger partial charge < -0.3 is 14.2 Å². The normalized spacial score (nSPS) is 18.1. The van der Waals surface area contributed by atoms with E-state index in [1.807, 2.05) is 6.92 Å². The molecule has 0 radical (unpaired) electrons. The first kappa shape index (κ1) is 21.9. The van der Waals surface area contributed by atoms with Crippen molar-refractivity contribution in [3.05, 3.63) is 16.7 Å². The number of nitrogens with zero attached hydrogens (tertiary/aromatic N) is 2. The fourth-order valence-corrected chi connectivity index (χ4v) is 4.65. The van der Waals surface area contributed by atoms with Crippen molar-refractivity contribution in [2.75, 3.05) is 43.6 Å². The lowest BCUT2D eigenvalue weighted by Crippen LogP contribution is -2.43. The van der Waals surface area contributed by atoms with Crippen molar-refractivity contribution in [2.24, 2.45) is 0 Å². The van der Waals surface area contributed by atoms with E-state index < -0.39 is 0 Å². The van der Waals surface area contributed by atoms with Crippen molar-refractivity contribution < 1.29 is 24.0 Å². The van der Waals surface area contributed by atoms with Crippen LogP contribution in [-0.2, 0) is 32.0 Å². The summed E-state index contributed by atoms with van der Waals surface area (Å²) in [5, 5.41) is 10.8. The van der Waals surface area contributed by atoms with Gasteiger partial charge in [-0.3, -0.25) is 9.69 Å². The van der Waals surface area contributed by atoms with Gasteiger partial charge in [0.05, 0.1) is 37.6 Å². The number of nitriles is 1.